The van der Waals surface area contributed by atoms with Crippen LogP contribution in [-0.4, -0.2) is 108 Å². The maximum atomic E-state index is 11.3. The maximum Gasteiger partial charge on any atom is 1.00 e. The summed E-state index contributed by atoms with van der Waals surface area (Å²) in [6, 6.07) is 0. The zero-order valence-corrected chi connectivity index (χ0v) is 69.2. The molecule has 0 rings (SSSR count). The molecule has 12 N–H and O–H groups in total. The van der Waals surface area contributed by atoms with E-state index in [1.165, 1.54) is 103 Å². The summed E-state index contributed by atoms with van der Waals surface area (Å²) in [5.74, 6) is 0. The Morgan fingerprint density at radius 1 is 0.239 bits per heavy atom. The monoisotopic (exact) mass is 1470 g/mol. The first kappa shape index (κ1) is 109. The van der Waals surface area contributed by atoms with Crippen molar-refractivity contribution in [2.75, 3.05) is 26.4 Å². The van der Waals surface area contributed by atoms with Crippen LogP contribution in [0.1, 0.15) is 259 Å². The van der Waals surface area contributed by atoms with Crippen LogP contribution in [0.2, 0.25) is 0 Å². The molecule has 0 aliphatic carbocycles. The average molecular weight is 1470 g/mol. The number of aliphatic hydroxyl groups is 4. The molecule has 0 amide bonds. The third-order valence-corrected chi connectivity index (χ3v) is 26.3. The van der Waals surface area contributed by atoms with Crippen LogP contribution < -0.4 is 138 Å². The third-order valence-electron chi connectivity index (χ3n) is 12.4. The molecular formula is C48H108Na4O28P8. The molecule has 8 unspecified atom stereocenters. The average Bonchev–Trinajstić information content (AvgIpc) is 3.39. The van der Waals surface area contributed by atoms with Gasteiger partial charge in [0, 0.05) is 0 Å². The Hall–Kier alpha value is 5.04. The van der Waals surface area contributed by atoms with Crippen LogP contribution in [0, 0.1) is 0 Å². The van der Waals surface area contributed by atoms with Crippen molar-refractivity contribution in [2.45, 2.75) is 281 Å². The van der Waals surface area contributed by atoms with E-state index in [1.54, 1.807) is 0 Å². The van der Waals surface area contributed by atoms with Gasteiger partial charge in [-0.1, -0.05) is 233 Å². The standard InChI is InChI=1S/4C12H28O7P2.4Na/c4*1-2-3-4-5-6-7-8-9-10-11-19-21(17,18)12(13)20(14,15)16;;;;/h4*12-13H,2-11H2,1H3,(H,17,18)(H2,14,15,16);;;;/q;;;;4*+1/p-4. The quantitative estimate of drug-likeness (QED) is 0.0181. The van der Waals surface area contributed by atoms with Gasteiger partial charge in [-0.2, -0.15) is 0 Å². The molecule has 88 heavy (non-hydrogen) atoms. The van der Waals surface area contributed by atoms with Gasteiger partial charge in [-0.15, -0.1) is 0 Å². The summed E-state index contributed by atoms with van der Waals surface area (Å²) in [4.78, 5) is 114. The third kappa shape index (κ3) is 66.9. The first-order valence-corrected chi connectivity index (χ1v) is 42.8. The number of hydrogen-bond acceptors (Lipinski definition) is 20. The van der Waals surface area contributed by atoms with E-state index in [-0.39, 0.29) is 145 Å². The predicted octanol–water partition coefficient (Wildman–Crippen LogP) is -1.82. The minimum absolute atomic E-state index is 0. The van der Waals surface area contributed by atoms with Gasteiger partial charge in [0.1, 0.15) is 0 Å². The van der Waals surface area contributed by atoms with E-state index in [9.17, 15) is 56.1 Å². The zero-order chi connectivity index (χ0) is 65.4. The smallest absolute Gasteiger partial charge is 0.776 e. The molecule has 28 nitrogen and oxygen atoms in total. The minimum atomic E-state index is -5.10. The number of aliphatic hydroxyl groups excluding tert-OH is 4. The van der Waals surface area contributed by atoms with Crippen molar-refractivity contribution in [3.8, 4) is 0 Å². The molecular weight excluding hydrogens is 1360 g/mol. The van der Waals surface area contributed by atoms with Crippen LogP contribution in [0.3, 0.4) is 0 Å². The van der Waals surface area contributed by atoms with Gasteiger partial charge in [0.25, 0.3) is 0 Å². The van der Waals surface area contributed by atoms with Crippen LogP contribution >= 0.6 is 60.8 Å². The van der Waals surface area contributed by atoms with Crippen LogP contribution in [0.4, 0.5) is 0 Å². The fraction of sp³-hybridized carbons (Fsp3) is 1.00. The summed E-state index contributed by atoms with van der Waals surface area (Å²) < 4.78 is 105. The minimum Gasteiger partial charge on any atom is -0.776 e. The molecule has 0 saturated heterocycles. The van der Waals surface area contributed by atoms with Gasteiger partial charge >= 0.3 is 149 Å². The molecule has 0 fully saturated rings. The van der Waals surface area contributed by atoms with Crippen LogP contribution in [0.15, 0.2) is 0 Å². The van der Waals surface area contributed by atoms with Gasteiger partial charge in [-0.25, -0.2) is 0 Å². The van der Waals surface area contributed by atoms with Crippen molar-refractivity contribution >= 4 is 60.8 Å². The topological polar surface area (TPSA) is 508 Å². The van der Waals surface area contributed by atoms with Crippen molar-refractivity contribution in [1.29, 1.82) is 0 Å². The SMILES string of the molecule is CCCCCCCCCCCOP(=O)([O-])C(O)P(=O)(O)O.CCCCCCCCCCCOP(=O)([O-])C(O)P(=O)(O)O.CCCCCCCCCCCOP(=O)([O-])C(O)P(=O)(O)O.CCCCCCCCCCCOP(=O)([O-])C(O)P(=O)(O)O.[Na+].[Na+].[Na+].[Na+]. The molecule has 0 aliphatic rings. The first-order chi connectivity index (χ1) is 38.9. The van der Waals surface area contributed by atoms with E-state index in [4.69, 9.17) is 59.6 Å². The summed E-state index contributed by atoms with van der Waals surface area (Å²) in [6.07, 6.45) is 37.7. The van der Waals surface area contributed by atoms with Crippen LogP contribution in [0.5, 0.6) is 0 Å². The first-order valence-electron chi connectivity index (χ1n) is 29.6. The molecule has 0 saturated carbocycles. The summed E-state index contributed by atoms with van der Waals surface area (Å²) >= 11 is 0. The molecule has 0 aromatic rings. The summed E-state index contributed by atoms with van der Waals surface area (Å²) in [5, 5.41) is 36.0. The summed E-state index contributed by atoms with van der Waals surface area (Å²) in [5.41, 5.74) is -11.1. The van der Waals surface area contributed by atoms with E-state index in [1.807, 2.05) is 0 Å². The van der Waals surface area contributed by atoms with Crippen LogP contribution in [0.25, 0.3) is 0 Å². The molecule has 512 valence electrons. The van der Waals surface area contributed by atoms with E-state index in [0.29, 0.717) is 25.7 Å². The Morgan fingerprint density at radius 3 is 0.443 bits per heavy atom. The Labute approximate surface area is 613 Å². The van der Waals surface area contributed by atoms with E-state index in [2.05, 4.69) is 45.8 Å². The normalized spacial score (nSPS) is 15.9. The molecule has 0 aromatic heterocycles. The largest absolute Gasteiger partial charge is 1.00 e. The van der Waals surface area contributed by atoms with E-state index in [0.717, 1.165) is 103 Å². The predicted molar refractivity (Wildman–Crippen MR) is 315 cm³/mol. The second-order valence-corrected chi connectivity index (χ2v) is 36.2. The molecule has 0 radical (unpaired) electrons. The molecule has 40 heteroatoms. The fourth-order valence-electron chi connectivity index (χ4n) is 7.42. The number of rotatable bonds is 52. The van der Waals surface area contributed by atoms with E-state index >= 15 is 0 Å². The molecule has 8 atom stereocenters. The van der Waals surface area contributed by atoms with Gasteiger partial charge in [0.05, 0.1) is 26.4 Å². The maximum absolute atomic E-state index is 11.3. The van der Waals surface area contributed by atoms with Crippen molar-refractivity contribution < 1.29 is 252 Å². The summed E-state index contributed by atoms with van der Waals surface area (Å²) in [6.45, 7) is 8.02. The van der Waals surface area contributed by atoms with Gasteiger partial charge in [-0.3, -0.25) is 18.3 Å². The van der Waals surface area contributed by atoms with E-state index < -0.39 is 83.1 Å². The van der Waals surface area contributed by atoms with Gasteiger partial charge in [0.2, 0.25) is 22.3 Å². The molecule has 0 bridgehead atoms. The van der Waals surface area contributed by atoms with Gasteiger partial charge in [0.15, 0.2) is 30.4 Å². The van der Waals surface area contributed by atoms with Gasteiger partial charge < -0.3 is 116 Å². The summed E-state index contributed by atoms with van der Waals surface area (Å²) in [7, 11) is -40.2. The molecule has 0 heterocycles. The van der Waals surface area contributed by atoms with Crippen LogP contribution in [-0.2, 0) is 54.6 Å². The van der Waals surface area contributed by atoms with Crippen molar-refractivity contribution in [3.05, 3.63) is 0 Å². The number of unbranched alkanes of at least 4 members (excludes halogenated alkanes) is 32. The second-order valence-electron chi connectivity index (χ2n) is 20.5. The molecule has 0 spiro atoms. The Kier molecular flexibility index (Phi) is 79.5. The van der Waals surface area contributed by atoms with Gasteiger partial charge in [-0.05, 0) is 25.7 Å². The molecule has 0 aliphatic heterocycles. The Balaban J connectivity index is -0.000000159. The second kappa shape index (κ2) is 64.2. The number of hydrogen-bond donors (Lipinski definition) is 12. The fourth-order valence-corrected chi connectivity index (χ4v) is 16.2. The van der Waals surface area contributed by atoms with Crippen molar-refractivity contribution in [3.63, 3.8) is 0 Å². The molecule has 0 aromatic carbocycles. The Bertz CT molecular complexity index is 1720. The zero-order valence-electron chi connectivity index (χ0n) is 54.1. The van der Waals surface area contributed by atoms with Crippen molar-refractivity contribution in [1.82, 2.24) is 0 Å². The van der Waals surface area contributed by atoms with Crippen molar-refractivity contribution in [2.24, 2.45) is 0 Å². The Morgan fingerprint density at radius 2 is 0.341 bits per heavy atom.